The number of carbonyl (C=O) groups excluding carboxylic acids is 1. The van der Waals surface area contributed by atoms with Gasteiger partial charge in [-0.15, -0.1) is 0 Å². The van der Waals surface area contributed by atoms with Gasteiger partial charge < -0.3 is 5.73 Å². The van der Waals surface area contributed by atoms with Gasteiger partial charge in [0.2, 0.25) is 5.91 Å². The summed E-state index contributed by atoms with van der Waals surface area (Å²) in [5.74, 6) is -0.505. The van der Waals surface area contributed by atoms with E-state index in [-0.39, 0.29) is 11.7 Å². The van der Waals surface area contributed by atoms with E-state index in [1.165, 1.54) is 16.5 Å². The van der Waals surface area contributed by atoms with E-state index in [0.29, 0.717) is 6.04 Å². The third-order valence-corrected chi connectivity index (χ3v) is 8.12. The molecule has 174 valence electrons. The fourth-order valence-electron chi connectivity index (χ4n) is 6.07. The van der Waals surface area contributed by atoms with Crippen LogP contribution in [0.3, 0.4) is 0 Å². The molecule has 2 atom stereocenters. The Morgan fingerprint density at radius 2 is 1.76 bits per heavy atom. The molecular formula is C27H27ClN4O2. The van der Waals surface area contributed by atoms with Crippen molar-refractivity contribution < 1.29 is 4.79 Å². The second-order valence-electron chi connectivity index (χ2n) is 9.55. The number of carbonyl (C=O) groups is 1. The second kappa shape index (κ2) is 8.00. The molecule has 1 fully saturated rings. The topological polar surface area (TPSA) is 73.3 Å². The molecule has 4 aromatic rings. The van der Waals surface area contributed by atoms with E-state index >= 15 is 0 Å². The summed E-state index contributed by atoms with van der Waals surface area (Å²) in [6.45, 7) is 3.50. The molecule has 0 saturated carbocycles. The number of para-hydroxylation sites is 2. The van der Waals surface area contributed by atoms with Gasteiger partial charge in [0.05, 0.1) is 11.0 Å². The van der Waals surface area contributed by atoms with E-state index < -0.39 is 11.9 Å². The van der Waals surface area contributed by atoms with E-state index in [1.807, 2.05) is 34.9 Å². The number of fused-ring (bicyclic) bond motifs is 1. The highest BCUT2D eigenvalue weighted by atomic mass is 35.5. The van der Waals surface area contributed by atoms with Crippen molar-refractivity contribution >= 4 is 39.3 Å². The minimum atomic E-state index is -0.692. The molecule has 0 radical (unpaired) electrons. The monoisotopic (exact) mass is 474 g/mol. The van der Waals surface area contributed by atoms with Crippen molar-refractivity contribution in [3.8, 4) is 0 Å². The Bertz CT molecular complexity index is 1500. The number of hydrogen-bond acceptors (Lipinski definition) is 3. The van der Waals surface area contributed by atoms with Crippen LogP contribution in [0.4, 0.5) is 0 Å². The summed E-state index contributed by atoms with van der Waals surface area (Å²) in [5, 5.41) is 3.25. The quantitative estimate of drug-likeness (QED) is 0.470. The lowest BCUT2D eigenvalue weighted by atomic mass is 9.99. The highest BCUT2D eigenvalue weighted by molar-refractivity contribution is 6.35. The molecule has 1 aromatic heterocycles. The first-order valence-electron chi connectivity index (χ1n) is 11.9. The van der Waals surface area contributed by atoms with Gasteiger partial charge >= 0.3 is 5.69 Å². The van der Waals surface area contributed by atoms with E-state index in [0.717, 1.165) is 53.8 Å². The van der Waals surface area contributed by atoms with Gasteiger partial charge in [-0.1, -0.05) is 48.0 Å². The molecule has 1 saturated heterocycles. The zero-order valence-electron chi connectivity index (χ0n) is 19.1. The van der Waals surface area contributed by atoms with Gasteiger partial charge in [-0.2, -0.15) is 0 Å². The molecule has 1 aliphatic carbocycles. The van der Waals surface area contributed by atoms with Crippen molar-refractivity contribution in [1.29, 1.82) is 0 Å². The molecule has 1 amide bonds. The summed E-state index contributed by atoms with van der Waals surface area (Å²) in [7, 11) is 0. The number of likely N-dealkylation sites (tertiary alicyclic amines) is 1. The standard InChI is InChI=1S/C27H27ClN4O2/c1-16(26(29)33)31-22-7-2-3-8-23(22)32(27(31)34)18-11-13-30(14-12-18)24-15-17-9-10-21(28)19-5-4-6-20(24)25(17)19/h2-10,16,18,24H,11-15H2,1H3,(H2,29,33). The summed E-state index contributed by atoms with van der Waals surface area (Å²) in [6, 6.07) is 18.0. The maximum Gasteiger partial charge on any atom is 0.330 e. The Kier molecular flexibility index (Phi) is 5.04. The number of aromatic nitrogens is 2. The van der Waals surface area contributed by atoms with Crippen LogP contribution in [0, 0.1) is 0 Å². The van der Waals surface area contributed by atoms with E-state index in [2.05, 4.69) is 29.2 Å². The molecule has 2 heterocycles. The van der Waals surface area contributed by atoms with Gasteiger partial charge in [0, 0.05) is 35.6 Å². The van der Waals surface area contributed by atoms with Gasteiger partial charge in [0.1, 0.15) is 6.04 Å². The van der Waals surface area contributed by atoms with Gasteiger partial charge in [-0.05, 0) is 60.9 Å². The number of piperidine rings is 1. The maximum atomic E-state index is 13.5. The van der Waals surface area contributed by atoms with Crippen LogP contribution in [-0.2, 0) is 11.2 Å². The van der Waals surface area contributed by atoms with Crippen molar-refractivity contribution in [3.63, 3.8) is 0 Å². The van der Waals surface area contributed by atoms with Crippen LogP contribution in [0.1, 0.15) is 49.0 Å². The van der Waals surface area contributed by atoms with Crippen LogP contribution in [0.15, 0.2) is 59.4 Å². The Labute approximate surface area is 202 Å². The number of benzene rings is 3. The van der Waals surface area contributed by atoms with Gasteiger partial charge in [0.15, 0.2) is 0 Å². The van der Waals surface area contributed by atoms with Crippen molar-refractivity contribution in [2.75, 3.05) is 13.1 Å². The summed E-state index contributed by atoms with van der Waals surface area (Å²) >= 11 is 6.48. The average molecular weight is 475 g/mol. The SMILES string of the molecule is CC(C(N)=O)n1c(=O)n(C2CCN(C3Cc4ccc(Cl)c5cccc3c45)CC2)c2ccccc21. The van der Waals surface area contributed by atoms with Crippen LogP contribution in [0.2, 0.25) is 5.02 Å². The molecule has 6 rings (SSSR count). The molecular weight excluding hydrogens is 448 g/mol. The predicted octanol–water partition coefficient (Wildman–Crippen LogP) is 4.59. The van der Waals surface area contributed by atoms with E-state index in [1.54, 1.807) is 11.5 Å². The van der Waals surface area contributed by atoms with Crippen LogP contribution in [0.5, 0.6) is 0 Å². The van der Waals surface area contributed by atoms with Gasteiger partial charge in [-0.25, -0.2) is 4.79 Å². The molecule has 2 aliphatic rings. The molecule has 34 heavy (non-hydrogen) atoms. The van der Waals surface area contributed by atoms with Gasteiger partial charge in [-0.3, -0.25) is 18.8 Å². The number of rotatable bonds is 4. The van der Waals surface area contributed by atoms with Crippen molar-refractivity contribution in [3.05, 3.63) is 81.2 Å². The minimum Gasteiger partial charge on any atom is -0.368 e. The molecule has 0 spiro atoms. The highest BCUT2D eigenvalue weighted by Gasteiger charge is 2.34. The third kappa shape index (κ3) is 3.12. The molecule has 6 nitrogen and oxygen atoms in total. The Morgan fingerprint density at radius 1 is 1.03 bits per heavy atom. The summed E-state index contributed by atoms with van der Waals surface area (Å²) in [6.07, 6.45) is 2.75. The first-order chi connectivity index (χ1) is 16.5. The first-order valence-corrected chi connectivity index (χ1v) is 12.3. The second-order valence-corrected chi connectivity index (χ2v) is 9.96. The zero-order chi connectivity index (χ0) is 23.6. The number of hydrogen-bond donors (Lipinski definition) is 1. The Morgan fingerprint density at radius 3 is 2.50 bits per heavy atom. The Balaban J connectivity index is 1.30. The molecule has 2 unspecified atom stereocenters. The summed E-state index contributed by atoms with van der Waals surface area (Å²) in [4.78, 5) is 27.9. The number of imidazole rings is 1. The number of amides is 1. The zero-order valence-corrected chi connectivity index (χ0v) is 19.8. The molecule has 3 aromatic carbocycles. The number of halogens is 1. The molecule has 1 aliphatic heterocycles. The third-order valence-electron chi connectivity index (χ3n) is 7.80. The van der Waals surface area contributed by atoms with E-state index in [9.17, 15) is 9.59 Å². The summed E-state index contributed by atoms with van der Waals surface area (Å²) < 4.78 is 3.43. The minimum absolute atomic E-state index is 0.0870. The smallest absolute Gasteiger partial charge is 0.330 e. The van der Waals surface area contributed by atoms with Crippen LogP contribution >= 0.6 is 11.6 Å². The highest BCUT2D eigenvalue weighted by Crippen LogP contribution is 2.43. The van der Waals surface area contributed by atoms with Crippen molar-refractivity contribution in [1.82, 2.24) is 14.0 Å². The number of primary amides is 1. The van der Waals surface area contributed by atoms with Crippen molar-refractivity contribution in [2.24, 2.45) is 5.73 Å². The normalized spacial score (nSPS) is 19.8. The number of nitrogens with two attached hydrogens (primary N) is 1. The van der Waals surface area contributed by atoms with Crippen molar-refractivity contribution in [2.45, 2.75) is 44.3 Å². The molecule has 0 bridgehead atoms. The van der Waals surface area contributed by atoms with Crippen LogP contribution < -0.4 is 11.4 Å². The van der Waals surface area contributed by atoms with Crippen LogP contribution in [0.25, 0.3) is 21.8 Å². The maximum absolute atomic E-state index is 13.5. The largest absolute Gasteiger partial charge is 0.368 e. The first kappa shape index (κ1) is 21.4. The fourth-order valence-corrected chi connectivity index (χ4v) is 6.29. The number of nitrogens with zero attached hydrogens (tertiary/aromatic N) is 3. The predicted molar refractivity (Wildman–Crippen MR) is 135 cm³/mol. The lowest BCUT2D eigenvalue weighted by molar-refractivity contribution is -0.120. The lowest BCUT2D eigenvalue weighted by Crippen LogP contribution is -2.40. The summed E-state index contributed by atoms with van der Waals surface area (Å²) in [5.41, 5.74) is 9.75. The average Bonchev–Trinajstić information content (AvgIpc) is 3.37. The van der Waals surface area contributed by atoms with Gasteiger partial charge in [0.25, 0.3) is 0 Å². The fraction of sp³-hybridized carbons (Fsp3) is 0.333. The molecule has 2 N–H and O–H groups in total. The van der Waals surface area contributed by atoms with Crippen LogP contribution in [-0.4, -0.2) is 33.0 Å². The Hall–Kier alpha value is -3.09. The lowest BCUT2D eigenvalue weighted by Gasteiger charge is -2.36. The molecule has 7 heteroatoms. The van der Waals surface area contributed by atoms with E-state index in [4.69, 9.17) is 17.3 Å².